The first-order valence-corrected chi connectivity index (χ1v) is 3.00. The van der Waals surface area contributed by atoms with Crippen LogP contribution in [-0.4, -0.2) is 0 Å². The van der Waals surface area contributed by atoms with Gasteiger partial charge in [-0.2, -0.15) is 0 Å². The van der Waals surface area contributed by atoms with Crippen molar-refractivity contribution < 1.29 is 0 Å². The maximum Gasteiger partial charge on any atom is -0.0312 e. The van der Waals surface area contributed by atoms with Crippen molar-refractivity contribution in [2.75, 3.05) is 0 Å². The quantitative estimate of drug-likeness (QED) is 0.435. The van der Waals surface area contributed by atoms with Crippen LogP contribution in [0.5, 0.6) is 0 Å². The smallest absolute Gasteiger partial charge is 0.0312 e. The molecule has 0 saturated heterocycles. The molecule has 0 amide bonds. The second-order valence-electron chi connectivity index (χ2n) is 2.12. The van der Waals surface area contributed by atoms with Crippen LogP contribution in [0.4, 0.5) is 0 Å². The first-order valence-electron chi connectivity index (χ1n) is 3.00. The molecule has 0 heteroatoms. The minimum atomic E-state index is 0. The molecule has 41 valence electrons. The molecule has 3 radical (unpaired) electrons. The van der Waals surface area contributed by atoms with E-state index in [0.29, 0.717) is 0 Å². The van der Waals surface area contributed by atoms with E-state index in [1.807, 2.05) is 0 Å². The van der Waals surface area contributed by atoms with E-state index < -0.39 is 0 Å². The maximum absolute atomic E-state index is 1.50. The normalized spacial score (nSPS) is 20.6. The molecule has 1 aliphatic rings. The van der Waals surface area contributed by atoms with Gasteiger partial charge in [0.2, 0.25) is 0 Å². The second-order valence-corrected chi connectivity index (χ2v) is 2.12. The first kappa shape index (κ1) is 7.00. The number of hydrogen-bond donors (Lipinski definition) is 0. The average molecular weight is 97.2 g/mol. The Kier molecular flexibility index (Phi) is 4.17. The predicted molar refractivity (Wildman–Crippen MR) is 32.0 cm³/mol. The third-order valence-corrected chi connectivity index (χ3v) is 1.50. The monoisotopic (exact) mass is 97.1 g/mol. The lowest BCUT2D eigenvalue weighted by Crippen LogP contribution is -1.85. The lowest BCUT2D eigenvalue weighted by molar-refractivity contribution is 0.504. The van der Waals surface area contributed by atoms with Gasteiger partial charge >= 0.3 is 0 Å². The topological polar surface area (TPSA) is 0 Å². The van der Waals surface area contributed by atoms with E-state index in [0.717, 1.165) is 0 Å². The predicted octanol–water partition coefficient (Wildman–Crippen LogP) is 2.54. The fourth-order valence-electron chi connectivity index (χ4n) is 1.06. The van der Waals surface area contributed by atoms with E-state index in [1.165, 1.54) is 38.5 Å². The molecule has 1 aliphatic carbocycles. The average Bonchev–Trinajstić information content (AvgIpc) is 1.72. The Bertz CT molecular complexity index is 15.5. The fraction of sp³-hybridized carbons (Fsp3) is 0.857. The summed E-state index contributed by atoms with van der Waals surface area (Å²) in [5, 5.41) is 0. The zero-order valence-electron chi connectivity index (χ0n) is 4.82. The van der Waals surface area contributed by atoms with Crippen LogP contribution in [0.3, 0.4) is 0 Å². The van der Waals surface area contributed by atoms with Gasteiger partial charge in [-0.1, -0.05) is 38.5 Å². The van der Waals surface area contributed by atoms with Crippen molar-refractivity contribution in [1.82, 2.24) is 0 Å². The molecule has 0 aromatic carbocycles. The Balaban J connectivity index is 0.000000360. The number of hydrogen-bond acceptors (Lipinski definition) is 0. The zero-order valence-corrected chi connectivity index (χ0v) is 4.82. The van der Waals surface area contributed by atoms with E-state index in [9.17, 15) is 0 Å². The van der Waals surface area contributed by atoms with Crippen LogP contribution in [0, 0.1) is 7.43 Å². The van der Waals surface area contributed by atoms with Crippen molar-refractivity contribution in [3.8, 4) is 0 Å². The van der Waals surface area contributed by atoms with Gasteiger partial charge in [-0.15, -0.1) is 0 Å². The van der Waals surface area contributed by atoms with Gasteiger partial charge in [0.1, 0.15) is 0 Å². The molecule has 0 nitrogen and oxygen atoms in total. The highest BCUT2D eigenvalue weighted by Crippen LogP contribution is 2.15. The Morgan fingerprint density at radius 1 is 0.429 bits per heavy atom. The summed E-state index contributed by atoms with van der Waals surface area (Å²) in [5.41, 5.74) is 0. The van der Waals surface area contributed by atoms with E-state index in [2.05, 4.69) is 0 Å². The van der Waals surface area contributed by atoms with Gasteiger partial charge < -0.3 is 0 Å². The summed E-state index contributed by atoms with van der Waals surface area (Å²) >= 11 is 0. The minimum Gasteiger partial charge on any atom is -0.0533 e. The van der Waals surface area contributed by atoms with Crippen LogP contribution in [0.25, 0.3) is 0 Å². The fourth-order valence-corrected chi connectivity index (χ4v) is 1.06. The van der Waals surface area contributed by atoms with E-state index >= 15 is 0 Å². The molecule has 0 aromatic rings. The van der Waals surface area contributed by atoms with Crippen LogP contribution in [0.2, 0.25) is 0 Å². The lowest BCUT2D eigenvalue weighted by atomic mass is 10.0. The lowest BCUT2D eigenvalue weighted by Gasteiger charge is -2.05. The van der Waals surface area contributed by atoms with Gasteiger partial charge in [0, 0.05) is 0 Å². The highest BCUT2D eigenvalue weighted by molar-refractivity contribution is 4.51. The third kappa shape index (κ3) is 2.67. The van der Waals surface area contributed by atoms with Gasteiger partial charge in [-0.05, 0) is 7.43 Å². The summed E-state index contributed by atoms with van der Waals surface area (Å²) in [5.74, 6) is 0. The largest absolute Gasteiger partial charge is 0.0533 e. The molecule has 1 rings (SSSR count). The Morgan fingerprint density at radius 3 is 0.714 bits per heavy atom. The molecular weight excluding hydrogens is 84.1 g/mol. The molecule has 0 spiro atoms. The Hall–Kier alpha value is 0. The highest BCUT2D eigenvalue weighted by Gasteiger charge is 1.95. The standard InChI is InChI=1S/C6H12.CH/c1-2-4-6-5-3-1;/h1-6H2;1H. The third-order valence-electron chi connectivity index (χ3n) is 1.50. The molecule has 0 heterocycles. The Labute approximate surface area is 46.9 Å². The summed E-state index contributed by atoms with van der Waals surface area (Å²) in [6.45, 7) is 0. The van der Waals surface area contributed by atoms with Crippen molar-refractivity contribution in [2.24, 2.45) is 0 Å². The van der Waals surface area contributed by atoms with Crippen molar-refractivity contribution in [2.45, 2.75) is 38.5 Å². The van der Waals surface area contributed by atoms with Crippen LogP contribution in [0.15, 0.2) is 0 Å². The van der Waals surface area contributed by atoms with E-state index in [4.69, 9.17) is 0 Å². The SMILES string of the molecule is C1CCCCC1.[CH]. The first-order chi connectivity index (χ1) is 3.00. The molecule has 0 aliphatic heterocycles. The summed E-state index contributed by atoms with van der Waals surface area (Å²) < 4.78 is 0. The summed E-state index contributed by atoms with van der Waals surface area (Å²) in [4.78, 5) is 0. The van der Waals surface area contributed by atoms with Gasteiger partial charge in [-0.25, -0.2) is 0 Å². The highest BCUT2D eigenvalue weighted by atomic mass is 14.0. The molecule has 1 fully saturated rings. The molecule has 0 unspecified atom stereocenters. The van der Waals surface area contributed by atoms with Crippen LogP contribution in [0.1, 0.15) is 38.5 Å². The van der Waals surface area contributed by atoms with Gasteiger partial charge in [0.15, 0.2) is 0 Å². The molecule has 1 saturated carbocycles. The molecular formula is C7H13. The summed E-state index contributed by atoms with van der Waals surface area (Å²) in [6, 6.07) is 0. The van der Waals surface area contributed by atoms with Crippen LogP contribution < -0.4 is 0 Å². The summed E-state index contributed by atoms with van der Waals surface area (Å²) in [7, 11) is 0. The van der Waals surface area contributed by atoms with Crippen molar-refractivity contribution >= 4 is 0 Å². The van der Waals surface area contributed by atoms with E-state index in [1.54, 1.807) is 0 Å². The zero-order chi connectivity index (χ0) is 4.24. The van der Waals surface area contributed by atoms with Crippen molar-refractivity contribution in [3.63, 3.8) is 0 Å². The van der Waals surface area contributed by atoms with Gasteiger partial charge in [0.25, 0.3) is 0 Å². The molecule has 7 heavy (non-hydrogen) atoms. The second kappa shape index (κ2) is 4.17. The van der Waals surface area contributed by atoms with Crippen LogP contribution >= 0.6 is 0 Å². The maximum atomic E-state index is 1.50. The molecule has 0 N–H and O–H groups in total. The minimum absolute atomic E-state index is 0. The van der Waals surface area contributed by atoms with Gasteiger partial charge in [-0.3, -0.25) is 0 Å². The van der Waals surface area contributed by atoms with Crippen LogP contribution in [-0.2, 0) is 0 Å². The molecule has 0 aromatic heterocycles. The molecule has 0 bridgehead atoms. The summed E-state index contributed by atoms with van der Waals surface area (Å²) in [6.07, 6.45) is 9.00. The molecule has 0 atom stereocenters. The Morgan fingerprint density at radius 2 is 0.571 bits per heavy atom. The van der Waals surface area contributed by atoms with Crippen molar-refractivity contribution in [1.29, 1.82) is 0 Å². The van der Waals surface area contributed by atoms with Gasteiger partial charge in [0.05, 0.1) is 0 Å². The van der Waals surface area contributed by atoms with E-state index in [-0.39, 0.29) is 7.43 Å². The van der Waals surface area contributed by atoms with Crippen molar-refractivity contribution in [3.05, 3.63) is 7.43 Å². The number of rotatable bonds is 0.